The number of piperidine rings is 1. The fourth-order valence-corrected chi connectivity index (χ4v) is 5.72. The molecule has 1 spiro atoms. The van der Waals surface area contributed by atoms with Crippen LogP contribution in [0.4, 0.5) is 4.79 Å². The van der Waals surface area contributed by atoms with E-state index < -0.39 is 11.7 Å². The monoisotopic (exact) mass is 391 g/mol. The van der Waals surface area contributed by atoms with Crippen LogP contribution in [0, 0.1) is 5.92 Å². The fraction of sp³-hybridized carbons (Fsp3) is 0.550. The first-order chi connectivity index (χ1) is 13.0. The lowest BCUT2D eigenvalue weighted by molar-refractivity contribution is -0.0494. The molecule has 2 heterocycles. The predicted molar refractivity (Wildman–Crippen MR) is 98.3 cm³/mol. The Balaban J connectivity index is 1.65. The normalized spacial score (nSPS) is 35.9. The van der Waals surface area contributed by atoms with Gasteiger partial charge in [-0.05, 0) is 31.4 Å². The Morgan fingerprint density at radius 2 is 2.26 bits per heavy atom. The van der Waals surface area contributed by atoms with E-state index >= 15 is 0 Å². The number of halogens is 1. The molecule has 2 aliphatic carbocycles. The lowest BCUT2D eigenvalue weighted by Crippen LogP contribution is -2.66. The molecule has 7 heteroatoms. The first-order valence-electron chi connectivity index (χ1n) is 9.32. The molecule has 0 saturated carbocycles. The van der Waals surface area contributed by atoms with Gasteiger partial charge in [0.25, 0.3) is 0 Å². The van der Waals surface area contributed by atoms with Crippen molar-refractivity contribution in [1.29, 1.82) is 0 Å². The van der Waals surface area contributed by atoms with Gasteiger partial charge in [0.1, 0.15) is 12.2 Å². The van der Waals surface area contributed by atoms with E-state index in [4.69, 9.17) is 25.8 Å². The standard InChI is InChI=1S/C20H22ClNO5/c1-10(21)26-19(24)22-8-7-20-12-4-5-14(23)18(20)27-17-15(25-2)6-3-11(16(17)20)9-13(12)22/h3-6,10,12-14,18,23H,7-9H2,1-2H3/t10?,12?,13-,14+,18+,20+/m1/s1. The van der Waals surface area contributed by atoms with Crippen molar-refractivity contribution in [1.82, 2.24) is 4.90 Å². The van der Waals surface area contributed by atoms with Crippen LogP contribution in [-0.2, 0) is 16.6 Å². The highest BCUT2D eigenvalue weighted by Gasteiger charge is 2.65. The van der Waals surface area contributed by atoms with Gasteiger partial charge >= 0.3 is 6.09 Å². The molecule has 0 aromatic heterocycles. The number of methoxy groups -OCH3 is 1. The summed E-state index contributed by atoms with van der Waals surface area (Å²) in [6.45, 7) is 2.18. The quantitative estimate of drug-likeness (QED) is 0.620. The molecule has 6 atom stereocenters. The molecule has 5 rings (SSSR count). The number of amides is 1. The minimum Gasteiger partial charge on any atom is -0.493 e. The van der Waals surface area contributed by atoms with Crippen LogP contribution in [-0.4, -0.2) is 53.6 Å². The number of alkyl halides is 1. The summed E-state index contributed by atoms with van der Waals surface area (Å²) in [6.07, 6.45) is 3.81. The molecule has 2 unspecified atom stereocenters. The number of carbonyl (C=O) groups excluding carboxylic acids is 1. The number of rotatable bonds is 2. The summed E-state index contributed by atoms with van der Waals surface area (Å²) in [6, 6.07) is 3.91. The number of ether oxygens (including phenoxy) is 3. The molecule has 2 bridgehead atoms. The van der Waals surface area contributed by atoms with Crippen molar-refractivity contribution in [3.63, 3.8) is 0 Å². The molecule has 2 aliphatic heterocycles. The first kappa shape index (κ1) is 17.2. The fourth-order valence-electron chi connectivity index (χ4n) is 5.64. The molecule has 27 heavy (non-hydrogen) atoms. The summed E-state index contributed by atoms with van der Waals surface area (Å²) in [5.41, 5.74) is 1.27. The largest absolute Gasteiger partial charge is 0.493 e. The van der Waals surface area contributed by atoms with Gasteiger partial charge in [-0.25, -0.2) is 4.79 Å². The van der Waals surface area contributed by atoms with Crippen LogP contribution in [0.2, 0.25) is 0 Å². The molecule has 1 fully saturated rings. The highest BCUT2D eigenvalue weighted by atomic mass is 35.5. The van der Waals surface area contributed by atoms with Crippen molar-refractivity contribution in [2.75, 3.05) is 13.7 Å². The van der Waals surface area contributed by atoms with Crippen molar-refractivity contribution in [3.05, 3.63) is 35.4 Å². The number of hydrogen-bond acceptors (Lipinski definition) is 5. The van der Waals surface area contributed by atoms with Gasteiger partial charge in [-0.2, -0.15) is 0 Å². The third-order valence-corrected chi connectivity index (χ3v) is 6.66. The summed E-state index contributed by atoms with van der Waals surface area (Å²) < 4.78 is 17.1. The van der Waals surface area contributed by atoms with Crippen LogP contribution < -0.4 is 9.47 Å². The average Bonchev–Trinajstić information content (AvgIpc) is 2.97. The second-order valence-electron chi connectivity index (χ2n) is 7.75. The Morgan fingerprint density at radius 3 is 3.00 bits per heavy atom. The van der Waals surface area contributed by atoms with E-state index in [1.165, 1.54) is 0 Å². The van der Waals surface area contributed by atoms with Gasteiger partial charge in [0.2, 0.25) is 0 Å². The summed E-state index contributed by atoms with van der Waals surface area (Å²) >= 11 is 5.88. The van der Waals surface area contributed by atoms with Crippen LogP contribution in [0.15, 0.2) is 24.3 Å². The minimum atomic E-state index is -0.689. The number of aliphatic hydroxyl groups is 1. The van der Waals surface area contributed by atoms with Crippen LogP contribution in [0.25, 0.3) is 0 Å². The van der Waals surface area contributed by atoms with Gasteiger partial charge in [0.15, 0.2) is 17.1 Å². The van der Waals surface area contributed by atoms with Gasteiger partial charge in [0, 0.05) is 29.5 Å². The SMILES string of the molecule is COc1ccc2c3c1O[C@H]1[C@@H](O)C=CC4[C@@H](C2)N(C(=O)OC(C)Cl)CC[C@@]341. The second kappa shape index (κ2) is 5.79. The topological polar surface area (TPSA) is 68.2 Å². The molecular formula is C20H22ClNO5. The molecule has 1 N–H and O–H groups in total. The Kier molecular flexibility index (Phi) is 3.69. The average molecular weight is 392 g/mol. The zero-order valence-electron chi connectivity index (χ0n) is 15.2. The molecule has 1 saturated heterocycles. The lowest BCUT2D eigenvalue weighted by atomic mass is 9.53. The maximum absolute atomic E-state index is 12.6. The van der Waals surface area contributed by atoms with Crippen LogP contribution in [0.5, 0.6) is 11.5 Å². The van der Waals surface area contributed by atoms with Crippen molar-refractivity contribution in [2.24, 2.45) is 5.92 Å². The zero-order chi connectivity index (χ0) is 18.9. The number of hydrogen-bond donors (Lipinski definition) is 1. The third-order valence-electron chi connectivity index (χ3n) is 6.57. The van der Waals surface area contributed by atoms with E-state index in [1.54, 1.807) is 25.0 Å². The summed E-state index contributed by atoms with van der Waals surface area (Å²) in [4.78, 5) is 14.4. The first-order valence-corrected chi connectivity index (χ1v) is 9.75. The van der Waals surface area contributed by atoms with Crippen LogP contribution in [0.1, 0.15) is 24.5 Å². The van der Waals surface area contributed by atoms with Gasteiger partial charge in [-0.3, -0.25) is 0 Å². The Labute approximate surface area is 162 Å². The van der Waals surface area contributed by atoms with E-state index in [2.05, 4.69) is 12.1 Å². The van der Waals surface area contributed by atoms with Crippen LogP contribution in [0.3, 0.4) is 0 Å². The van der Waals surface area contributed by atoms with E-state index in [9.17, 15) is 9.90 Å². The maximum Gasteiger partial charge on any atom is 0.411 e. The molecule has 1 aromatic rings. The predicted octanol–water partition coefficient (Wildman–Crippen LogP) is 2.59. The van der Waals surface area contributed by atoms with Crippen LogP contribution >= 0.6 is 11.6 Å². The maximum atomic E-state index is 12.6. The molecule has 0 radical (unpaired) electrons. The molecule has 1 aromatic carbocycles. The second-order valence-corrected chi connectivity index (χ2v) is 8.37. The van der Waals surface area contributed by atoms with Crippen molar-refractivity contribution in [3.8, 4) is 11.5 Å². The molecule has 1 amide bonds. The van der Waals surface area contributed by atoms with Crippen molar-refractivity contribution < 1.29 is 24.1 Å². The molecular weight excluding hydrogens is 370 g/mol. The number of benzene rings is 1. The molecule has 6 nitrogen and oxygen atoms in total. The highest BCUT2D eigenvalue weighted by molar-refractivity contribution is 6.19. The van der Waals surface area contributed by atoms with E-state index in [0.29, 0.717) is 25.1 Å². The lowest BCUT2D eigenvalue weighted by Gasteiger charge is -2.56. The van der Waals surface area contributed by atoms with Crippen molar-refractivity contribution in [2.45, 2.75) is 49.0 Å². The number of likely N-dealkylation sites (tertiary alicyclic amines) is 1. The zero-order valence-corrected chi connectivity index (χ0v) is 16.0. The van der Waals surface area contributed by atoms with Gasteiger partial charge in [0.05, 0.1) is 7.11 Å². The molecule has 144 valence electrons. The summed E-state index contributed by atoms with van der Waals surface area (Å²) in [5.74, 6) is 1.50. The third kappa shape index (κ3) is 2.14. The van der Waals surface area contributed by atoms with Gasteiger partial charge in [-0.15, -0.1) is 0 Å². The van der Waals surface area contributed by atoms with E-state index in [0.717, 1.165) is 16.9 Å². The van der Waals surface area contributed by atoms with Gasteiger partial charge < -0.3 is 24.2 Å². The number of nitrogens with zero attached hydrogens (tertiary/aromatic N) is 1. The Morgan fingerprint density at radius 1 is 1.44 bits per heavy atom. The number of carbonyl (C=O) groups is 1. The van der Waals surface area contributed by atoms with Gasteiger partial charge in [-0.1, -0.05) is 29.8 Å². The Bertz CT molecular complexity index is 840. The number of aliphatic hydroxyl groups excluding tert-OH is 1. The summed E-state index contributed by atoms with van der Waals surface area (Å²) in [7, 11) is 1.63. The summed E-state index contributed by atoms with van der Waals surface area (Å²) in [5, 5.41) is 10.7. The van der Waals surface area contributed by atoms with E-state index in [-0.39, 0.29) is 29.6 Å². The smallest absolute Gasteiger partial charge is 0.411 e. The van der Waals surface area contributed by atoms with E-state index in [1.807, 2.05) is 6.07 Å². The minimum absolute atomic E-state index is 0.0524. The highest BCUT2D eigenvalue weighted by Crippen LogP contribution is 2.62. The molecule has 4 aliphatic rings. The Hall–Kier alpha value is -1.92. The van der Waals surface area contributed by atoms with Crippen molar-refractivity contribution >= 4 is 17.7 Å².